The van der Waals surface area contributed by atoms with Gasteiger partial charge >= 0.3 is 5.97 Å². The van der Waals surface area contributed by atoms with Crippen molar-refractivity contribution in [3.8, 4) is 0 Å². The fraction of sp³-hybridized carbons (Fsp3) is 0.167. The van der Waals surface area contributed by atoms with Crippen LogP contribution in [0.4, 0.5) is 5.69 Å². The lowest BCUT2D eigenvalue weighted by Crippen LogP contribution is -2.08. The Morgan fingerprint density at radius 2 is 2.35 bits per heavy atom. The number of aromatic nitrogens is 1. The molecule has 0 aliphatic carbocycles. The summed E-state index contributed by atoms with van der Waals surface area (Å²) in [6, 6.07) is 5.28. The number of benzene rings is 1. The maximum atomic E-state index is 11.8. The van der Waals surface area contributed by atoms with Gasteiger partial charge in [0.2, 0.25) is 0 Å². The lowest BCUT2D eigenvalue weighted by atomic mass is 10.1. The van der Waals surface area contributed by atoms with E-state index in [1.807, 2.05) is 18.4 Å². The molecule has 0 unspecified atom stereocenters. The molecule has 2 rings (SSSR count). The van der Waals surface area contributed by atoms with E-state index in [-0.39, 0.29) is 6.61 Å². The minimum atomic E-state index is -0.415. The number of ether oxygens (including phenoxy) is 1. The second-order valence-electron chi connectivity index (χ2n) is 3.59. The van der Waals surface area contributed by atoms with Crippen LogP contribution < -0.4 is 5.73 Å². The van der Waals surface area contributed by atoms with Gasteiger partial charge in [0.1, 0.15) is 11.6 Å². The van der Waals surface area contributed by atoms with Crippen molar-refractivity contribution in [2.45, 2.75) is 13.5 Å². The molecule has 88 valence electrons. The van der Waals surface area contributed by atoms with E-state index in [2.05, 4.69) is 4.98 Å². The maximum Gasteiger partial charge on any atom is 0.340 e. The summed E-state index contributed by atoms with van der Waals surface area (Å²) in [7, 11) is 0. The van der Waals surface area contributed by atoms with Crippen molar-refractivity contribution in [3.63, 3.8) is 0 Å². The smallest absolute Gasteiger partial charge is 0.340 e. The van der Waals surface area contributed by atoms with Crippen LogP contribution in [0.15, 0.2) is 29.8 Å². The molecule has 0 atom stereocenters. The third-order valence-corrected chi connectivity index (χ3v) is 2.99. The summed E-state index contributed by atoms with van der Waals surface area (Å²) in [6.45, 7) is 2.08. The Bertz CT molecular complexity index is 523. The quantitative estimate of drug-likeness (QED) is 0.669. The monoisotopic (exact) mass is 248 g/mol. The molecule has 0 radical (unpaired) electrons. The van der Waals surface area contributed by atoms with Gasteiger partial charge in [0.05, 0.1) is 5.56 Å². The van der Waals surface area contributed by atoms with E-state index in [0.29, 0.717) is 11.3 Å². The number of thiazole rings is 1. The minimum Gasteiger partial charge on any atom is -0.455 e. The van der Waals surface area contributed by atoms with Gasteiger partial charge in [-0.3, -0.25) is 0 Å². The van der Waals surface area contributed by atoms with Crippen molar-refractivity contribution >= 4 is 23.0 Å². The molecule has 0 aliphatic rings. The Kier molecular flexibility index (Phi) is 3.39. The summed E-state index contributed by atoms with van der Waals surface area (Å²) in [5.74, 6) is -0.415. The Morgan fingerprint density at radius 1 is 1.53 bits per heavy atom. The Balaban J connectivity index is 2.07. The number of carbonyl (C=O) groups excluding carboxylic acids is 1. The van der Waals surface area contributed by atoms with Gasteiger partial charge in [-0.25, -0.2) is 9.78 Å². The number of hydrogen-bond acceptors (Lipinski definition) is 5. The van der Waals surface area contributed by atoms with Crippen LogP contribution in [-0.2, 0) is 11.3 Å². The predicted molar refractivity (Wildman–Crippen MR) is 66.8 cm³/mol. The van der Waals surface area contributed by atoms with Crippen LogP contribution in [0, 0.1) is 6.92 Å². The second-order valence-corrected chi connectivity index (χ2v) is 4.57. The molecule has 1 heterocycles. The van der Waals surface area contributed by atoms with E-state index >= 15 is 0 Å². The normalized spacial score (nSPS) is 10.2. The van der Waals surface area contributed by atoms with Crippen LogP contribution in [0.5, 0.6) is 0 Å². The average molecular weight is 248 g/mol. The summed E-state index contributed by atoms with van der Waals surface area (Å²) in [5, 5.41) is 2.61. The highest BCUT2D eigenvalue weighted by Gasteiger charge is 2.11. The number of rotatable bonds is 3. The van der Waals surface area contributed by atoms with Gasteiger partial charge in [-0.1, -0.05) is 11.6 Å². The molecule has 2 aromatic rings. The van der Waals surface area contributed by atoms with Gasteiger partial charge in [0.15, 0.2) is 0 Å². The standard InChI is InChI=1S/C12H12N2O2S/c1-8-2-3-10(13)9(6-8)12(15)16-7-11-14-4-5-17-11/h2-6H,7,13H2,1H3. The lowest BCUT2D eigenvalue weighted by Gasteiger charge is -2.06. The van der Waals surface area contributed by atoms with Crippen molar-refractivity contribution in [1.29, 1.82) is 0 Å². The fourth-order valence-corrected chi connectivity index (χ4v) is 1.90. The summed E-state index contributed by atoms with van der Waals surface area (Å²) in [6.07, 6.45) is 1.68. The van der Waals surface area contributed by atoms with Crippen LogP contribution in [0.3, 0.4) is 0 Å². The van der Waals surface area contributed by atoms with Crippen molar-refractivity contribution in [1.82, 2.24) is 4.98 Å². The van der Waals surface area contributed by atoms with Crippen LogP contribution in [0.2, 0.25) is 0 Å². The fourth-order valence-electron chi connectivity index (χ4n) is 1.38. The first kappa shape index (κ1) is 11.6. The molecule has 2 N–H and O–H groups in total. The van der Waals surface area contributed by atoms with Crippen LogP contribution in [0.1, 0.15) is 20.9 Å². The molecule has 0 bridgehead atoms. The molecule has 4 nitrogen and oxygen atoms in total. The first-order chi connectivity index (χ1) is 8.16. The van der Waals surface area contributed by atoms with Crippen LogP contribution in [0.25, 0.3) is 0 Å². The third-order valence-electron chi connectivity index (χ3n) is 2.24. The van der Waals surface area contributed by atoms with E-state index < -0.39 is 5.97 Å². The van der Waals surface area contributed by atoms with Gasteiger partial charge in [-0.05, 0) is 19.1 Å². The van der Waals surface area contributed by atoms with Crippen molar-refractivity contribution in [2.75, 3.05) is 5.73 Å². The number of anilines is 1. The zero-order valence-electron chi connectivity index (χ0n) is 9.34. The molecular weight excluding hydrogens is 236 g/mol. The average Bonchev–Trinajstić information content (AvgIpc) is 2.82. The number of carbonyl (C=O) groups is 1. The highest BCUT2D eigenvalue weighted by atomic mass is 32.1. The molecule has 0 aliphatic heterocycles. The largest absolute Gasteiger partial charge is 0.455 e. The van der Waals surface area contributed by atoms with Crippen molar-refractivity contribution in [3.05, 3.63) is 45.9 Å². The number of hydrogen-bond donors (Lipinski definition) is 1. The van der Waals surface area contributed by atoms with Crippen LogP contribution >= 0.6 is 11.3 Å². The predicted octanol–water partition coefficient (Wildman–Crippen LogP) is 2.39. The molecule has 0 amide bonds. The molecule has 0 fully saturated rings. The number of esters is 1. The zero-order chi connectivity index (χ0) is 12.3. The van der Waals surface area contributed by atoms with Gasteiger partial charge in [0, 0.05) is 17.3 Å². The topological polar surface area (TPSA) is 65.2 Å². The first-order valence-electron chi connectivity index (χ1n) is 5.08. The minimum absolute atomic E-state index is 0.184. The number of nitrogens with zero attached hydrogens (tertiary/aromatic N) is 1. The summed E-state index contributed by atoms with van der Waals surface area (Å²) in [4.78, 5) is 15.8. The molecule has 0 saturated carbocycles. The van der Waals surface area contributed by atoms with E-state index in [0.717, 1.165) is 10.6 Å². The molecule has 0 spiro atoms. The van der Waals surface area contributed by atoms with E-state index in [9.17, 15) is 4.79 Å². The second kappa shape index (κ2) is 4.97. The van der Waals surface area contributed by atoms with Gasteiger partial charge in [-0.15, -0.1) is 11.3 Å². The van der Waals surface area contributed by atoms with E-state index in [1.165, 1.54) is 11.3 Å². The molecule has 0 saturated heterocycles. The van der Waals surface area contributed by atoms with Gasteiger partial charge in [0.25, 0.3) is 0 Å². The Hall–Kier alpha value is -1.88. The summed E-state index contributed by atoms with van der Waals surface area (Å²) >= 11 is 1.45. The SMILES string of the molecule is Cc1ccc(N)c(C(=O)OCc2nccs2)c1. The van der Waals surface area contributed by atoms with E-state index in [1.54, 1.807) is 18.3 Å². The third kappa shape index (κ3) is 2.82. The number of aryl methyl sites for hydroxylation is 1. The maximum absolute atomic E-state index is 11.8. The molecular formula is C12H12N2O2S. The Labute approximate surface area is 103 Å². The number of nitrogens with two attached hydrogens (primary N) is 1. The summed E-state index contributed by atoms with van der Waals surface area (Å²) < 4.78 is 5.14. The van der Waals surface area contributed by atoms with E-state index in [4.69, 9.17) is 10.5 Å². The highest BCUT2D eigenvalue weighted by Crippen LogP contribution is 2.16. The zero-order valence-corrected chi connectivity index (χ0v) is 10.2. The first-order valence-corrected chi connectivity index (χ1v) is 5.96. The van der Waals surface area contributed by atoms with Gasteiger partial charge < -0.3 is 10.5 Å². The molecule has 1 aromatic carbocycles. The molecule has 17 heavy (non-hydrogen) atoms. The van der Waals surface area contributed by atoms with Crippen LogP contribution in [-0.4, -0.2) is 11.0 Å². The summed E-state index contributed by atoms with van der Waals surface area (Å²) in [5.41, 5.74) is 7.53. The van der Waals surface area contributed by atoms with Crippen molar-refractivity contribution < 1.29 is 9.53 Å². The molecule has 1 aromatic heterocycles. The van der Waals surface area contributed by atoms with Gasteiger partial charge in [-0.2, -0.15) is 0 Å². The Morgan fingerprint density at radius 3 is 3.06 bits per heavy atom. The number of nitrogen functional groups attached to an aromatic ring is 1. The molecule has 5 heteroatoms. The lowest BCUT2D eigenvalue weighted by molar-refractivity contribution is 0.0473. The highest BCUT2D eigenvalue weighted by molar-refractivity contribution is 7.09. The van der Waals surface area contributed by atoms with Crippen molar-refractivity contribution in [2.24, 2.45) is 0 Å².